The Hall–Kier alpha value is -2.41. The molecule has 0 amide bonds. The molecular formula is C15H13FO5S. The van der Waals surface area contributed by atoms with Crippen molar-refractivity contribution in [3.63, 3.8) is 0 Å². The third-order valence-corrected chi connectivity index (χ3v) is 4.19. The number of halogens is 1. The maximum absolute atomic E-state index is 14.1. The van der Waals surface area contributed by atoms with E-state index in [0.717, 1.165) is 18.4 Å². The minimum Gasteiger partial charge on any atom is -0.507 e. The molecule has 0 heterocycles. The molecular weight excluding hydrogens is 311 g/mol. The van der Waals surface area contributed by atoms with Crippen molar-refractivity contribution in [1.29, 1.82) is 0 Å². The molecule has 0 saturated heterocycles. The molecule has 2 rings (SSSR count). The number of ether oxygens (including phenoxy) is 1. The van der Waals surface area contributed by atoms with Crippen LogP contribution in [0.5, 0.6) is 5.75 Å². The first-order valence-corrected chi connectivity index (χ1v) is 8.04. The van der Waals surface area contributed by atoms with E-state index in [0.29, 0.717) is 0 Å². The maximum Gasteiger partial charge on any atom is 0.337 e. The van der Waals surface area contributed by atoms with Gasteiger partial charge in [0.2, 0.25) is 0 Å². The number of rotatable bonds is 3. The van der Waals surface area contributed by atoms with Crippen LogP contribution < -0.4 is 0 Å². The zero-order valence-electron chi connectivity index (χ0n) is 11.8. The smallest absolute Gasteiger partial charge is 0.337 e. The van der Waals surface area contributed by atoms with Crippen molar-refractivity contribution in [2.45, 2.75) is 4.90 Å². The predicted octanol–water partition coefficient (Wildman–Crippen LogP) is 2.39. The van der Waals surface area contributed by atoms with E-state index in [1.54, 1.807) is 0 Å². The molecule has 0 atom stereocenters. The Bertz CT molecular complexity index is 843. The molecule has 0 bridgehead atoms. The highest BCUT2D eigenvalue weighted by molar-refractivity contribution is 7.90. The van der Waals surface area contributed by atoms with Gasteiger partial charge in [-0.25, -0.2) is 17.6 Å². The van der Waals surface area contributed by atoms with Gasteiger partial charge in [0.15, 0.2) is 9.84 Å². The molecule has 5 nitrogen and oxygen atoms in total. The van der Waals surface area contributed by atoms with Crippen molar-refractivity contribution in [3.05, 3.63) is 47.8 Å². The van der Waals surface area contributed by atoms with Gasteiger partial charge in [-0.1, -0.05) is 6.07 Å². The minimum atomic E-state index is -3.52. The van der Waals surface area contributed by atoms with E-state index in [4.69, 9.17) is 0 Å². The molecule has 2 aromatic carbocycles. The number of benzene rings is 2. The lowest BCUT2D eigenvalue weighted by atomic mass is 10.0. The number of hydrogen-bond acceptors (Lipinski definition) is 5. The molecule has 7 heteroatoms. The summed E-state index contributed by atoms with van der Waals surface area (Å²) in [5.41, 5.74) is 0.295. The number of phenols is 1. The molecule has 0 aliphatic heterocycles. The monoisotopic (exact) mass is 324 g/mol. The summed E-state index contributed by atoms with van der Waals surface area (Å²) in [4.78, 5) is 11.2. The van der Waals surface area contributed by atoms with Gasteiger partial charge in [-0.15, -0.1) is 0 Å². The van der Waals surface area contributed by atoms with E-state index >= 15 is 0 Å². The zero-order chi connectivity index (χ0) is 16.5. The largest absolute Gasteiger partial charge is 0.507 e. The summed E-state index contributed by atoms with van der Waals surface area (Å²) in [5, 5.41) is 9.95. The van der Waals surface area contributed by atoms with Crippen LogP contribution in [0, 0.1) is 5.82 Å². The van der Waals surface area contributed by atoms with Gasteiger partial charge in [0.1, 0.15) is 11.6 Å². The van der Waals surface area contributed by atoms with Crippen molar-refractivity contribution in [1.82, 2.24) is 0 Å². The molecule has 0 aliphatic carbocycles. The molecule has 0 aromatic heterocycles. The number of carbonyl (C=O) groups is 1. The average Bonchev–Trinajstić information content (AvgIpc) is 2.45. The third-order valence-electron chi connectivity index (χ3n) is 3.08. The molecule has 1 N–H and O–H groups in total. The van der Waals surface area contributed by atoms with Crippen LogP contribution in [-0.4, -0.2) is 32.9 Å². The second-order valence-electron chi connectivity index (χ2n) is 4.64. The van der Waals surface area contributed by atoms with Crippen LogP contribution in [0.25, 0.3) is 11.1 Å². The van der Waals surface area contributed by atoms with Gasteiger partial charge >= 0.3 is 5.97 Å². The maximum atomic E-state index is 14.1. The lowest BCUT2D eigenvalue weighted by molar-refractivity contribution is 0.0600. The molecule has 0 unspecified atom stereocenters. The van der Waals surface area contributed by atoms with Gasteiger partial charge < -0.3 is 9.84 Å². The number of sulfone groups is 1. The highest BCUT2D eigenvalue weighted by Gasteiger charge is 2.16. The molecule has 0 spiro atoms. The Morgan fingerprint density at radius 2 is 1.77 bits per heavy atom. The molecule has 0 saturated carbocycles. The van der Waals surface area contributed by atoms with E-state index in [1.807, 2.05) is 0 Å². The van der Waals surface area contributed by atoms with E-state index in [9.17, 15) is 22.7 Å². The third kappa shape index (κ3) is 3.09. The summed E-state index contributed by atoms with van der Waals surface area (Å²) in [6, 6.07) is 7.30. The molecule has 116 valence electrons. The average molecular weight is 324 g/mol. The summed E-state index contributed by atoms with van der Waals surface area (Å²) in [6.07, 6.45) is 0.976. The number of phenolic OH excluding ortho intramolecular Hbond substituents is 1. The van der Waals surface area contributed by atoms with Gasteiger partial charge in [-0.05, 0) is 30.3 Å². The summed E-state index contributed by atoms with van der Waals surface area (Å²) >= 11 is 0. The highest BCUT2D eigenvalue weighted by Crippen LogP contribution is 2.33. The number of carbonyl (C=O) groups excluding carboxylic acids is 1. The predicted molar refractivity (Wildman–Crippen MR) is 78.0 cm³/mol. The van der Waals surface area contributed by atoms with Crippen LogP contribution in [0.3, 0.4) is 0 Å². The van der Waals surface area contributed by atoms with Crippen molar-refractivity contribution < 1.29 is 27.4 Å². The molecule has 0 aliphatic rings. The van der Waals surface area contributed by atoms with Crippen LogP contribution in [-0.2, 0) is 14.6 Å². The van der Waals surface area contributed by atoms with E-state index < -0.39 is 21.6 Å². The Labute approximate surface area is 126 Å². The first kappa shape index (κ1) is 16.0. The van der Waals surface area contributed by atoms with Crippen LogP contribution in [0.1, 0.15) is 10.4 Å². The van der Waals surface area contributed by atoms with Gasteiger partial charge in [-0.3, -0.25) is 0 Å². The molecule has 0 fully saturated rings. The quantitative estimate of drug-likeness (QED) is 0.877. The van der Waals surface area contributed by atoms with Crippen molar-refractivity contribution in [3.8, 4) is 16.9 Å². The lowest BCUT2D eigenvalue weighted by Crippen LogP contribution is -2.01. The van der Waals surface area contributed by atoms with Gasteiger partial charge in [-0.2, -0.15) is 0 Å². The Morgan fingerprint density at radius 1 is 1.14 bits per heavy atom. The number of esters is 1. The first-order valence-electron chi connectivity index (χ1n) is 6.15. The van der Waals surface area contributed by atoms with Gasteiger partial charge in [0.25, 0.3) is 0 Å². The van der Waals surface area contributed by atoms with E-state index in [-0.39, 0.29) is 27.3 Å². The second-order valence-corrected chi connectivity index (χ2v) is 6.65. The van der Waals surface area contributed by atoms with Crippen LogP contribution in [0.15, 0.2) is 41.3 Å². The van der Waals surface area contributed by atoms with Crippen molar-refractivity contribution >= 4 is 15.8 Å². The Kier molecular flexibility index (Phi) is 4.18. The standard InChI is InChI=1S/C15H13FO5S/c1-21-15(18)9-3-5-12(14(17)7-9)11-6-4-10(8-13(11)16)22(2,19)20/h3-8,17H,1-2H3. The Morgan fingerprint density at radius 3 is 2.27 bits per heavy atom. The fraction of sp³-hybridized carbons (Fsp3) is 0.133. The number of hydrogen-bond donors (Lipinski definition) is 1. The molecule has 22 heavy (non-hydrogen) atoms. The highest BCUT2D eigenvalue weighted by atomic mass is 32.2. The fourth-order valence-electron chi connectivity index (χ4n) is 1.95. The molecule has 0 radical (unpaired) electrons. The van der Waals surface area contributed by atoms with Crippen LogP contribution in [0.4, 0.5) is 4.39 Å². The number of aromatic hydroxyl groups is 1. The zero-order valence-corrected chi connectivity index (χ0v) is 12.6. The van der Waals surface area contributed by atoms with Crippen molar-refractivity contribution in [2.24, 2.45) is 0 Å². The van der Waals surface area contributed by atoms with E-state index in [1.165, 1.54) is 31.4 Å². The lowest BCUT2D eigenvalue weighted by Gasteiger charge is -2.09. The topological polar surface area (TPSA) is 80.7 Å². The minimum absolute atomic E-state index is 0.0290. The van der Waals surface area contributed by atoms with Crippen molar-refractivity contribution in [2.75, 3.05) is 13.4 Å². The number of methoxy groups -OCH3 is 1. The van der Waals surface area contributed by atoms with Crippen LogP contribution >= 0.6 is 0 Å². The first-order chi connectivity index (χ1) is 10.2. The van der Waals surface area contributed by atoms with Gasteiger partial charge in [0.05, 0.1) is 17.6 Å². The summed E-state index contributed by atoms with van der Waals surface area (Å²) in [7, 11) is -2.31. The fourth-order valence-corrected chi connectivity index (χ4v) is 2.58. The summed E-state index contributed by atoms with van der Waals surface area (Å²) in [6.45, 7) is 0. The summed E-state index contributed by atoms with van der Waals surface area (Å²) < 4.78 is 41.4. The SMILES string of the molecule is COC(=O)c1ccc(-c2ccc(S(C)(=O)=O)cc2F)c(O)c1. The summed E-state index contributed by atoms with van der Waals surface area (Å²) in [5.74, 6) is -1.73. The Balaban J connectivity index is 2.51. The molecule has 2 aromatic rings. The van der Waals surface area contributed by atoms with Gasteiger partial charge in [0, 0.05) is 17.4 Å². The normalized spacial score (nSPS) is 11.2. The van der Waals surface area contributed by atoms with E-state index in [2.05, 4.69) is 4.74 Å². The van der Waals surface area contributed by atoms with Crippen LogP contribution in [0.2, 0.25) is 0 Å². The second kappa shape index (κ2) is 5.76.